The normalized spacial score (nSPS) is 31.1. The Hall–Kier alpha value is -1.24. The van der Waals surface area contributed by atoms with Gasteiger partial charge >= 0.3 is 0 Å². The van der Waals surface area contributed by atoms with Crippen LogP contribution in [0.1, 0.15) is 11.7 Å². The second-order valence-corrected chi connectivity index (χ2v) is 4.98. The first-order chi connectivity index (χ1) is 9.80. The third-order valence-electron chi connectivity index (χ3n) is 3.59. The molecule has 4 atom stereocenters. The van der Waals surface area contributed by atoms with E-state index >= 15 is 0 Å². The molecule has 3 rings (SSSR count). The van der Waals surface area contributed by atoms with E-state index in [1.165, 1.54) is 0 Å². The monoisotopic (exact) mass is 277 g/mol. The lowest BCUT2D eigenvalue weighted by molar-refractivity contribution is -0.251. The minimum absolute atomic E-state index is 0.0292. The predicted molar refractivity (Wildman–Crippen MR) is 72.7 cm³/mol. The summed E-state index contributed by atoms with van der Waals surface area (Å²) < 4.78 is 11.2. The van der Waals surface area contributed by atoms with E-state index in [1.54, 1.807) is 6.08 Å². The molecule has 2 heterocycles. The Morgan fingerprint density at radius 1 is 1.35 bits per heavy atom. The summed E-state index contributed by atoms with van der Waals surface area (Å²) in [5.74, 6) is 0. The van der Waals surface area contributed by atoms with Gasteiger partial charge in [0.25, 0.3) is 0 Å². The van der Waals surface area contributed by atoms with Crippen LogP contribution in [0.2, 0.25) is 0 Å². The maximum Gasteiger partial charge on any atom is 0.173 e. The van der Waals surface area contributed by atoms with Gasteiger partial charge in [0.2, 0.25) is 0 Å². The number of ether oxygens (including phenoxy) is 2. The standard InChI is InChI=1S/C15H19NO4/c1-2-12(11-6-4-3-5-7-11)20-16-8-13-14(10-17)19-15(9-16)18-13/h2-7,12-15,17H,1,8-10H2/t12-,13-,14-,15-/m0/s1. The summed E-state index contributed by atoms with van der Waals surface area (Å²) in [4.78, 5) is 5.97. The van der Waals surface area contributed by atoms with Gasteiger partial charge in [0.05, 0.1) is 19.7 Å². The summed E-state index contributed by atoms with van der Waals surface area (Å²) in [5.41, 5.74) is 1.06. The summed E-state index contributed by atoms with van der Waals surface area (Å²) in [7, 11) is 0. The molecule has 2 bridgehead atoms. The molecule has 2 saturated heterocycles. The van der Waals surface area contributed by atoms with Crippen molar-refractivity contribution in [3.63, 3.8) is 0 Å². The van der Waals surface area contributed by atoms with E-state index in [0.29, 0.717) is 13.1 Å². The van der Waals surface area contributed by atoms with E-state index in [1.807, 2.05) is 35.4 Å². The molecule has 0 radical (unpaired) electrons. The van der Waals surface area contributed by atoms with Gasteiger partial charge in [-0.2, -0.15) is 5.06 Å². The zero-order valence-corrected chi connectivity index (χ0v) is 11.2. The first kappa shape index (κ1) is 13.7. The Labute approximate surface area is 118 Å². The van der Waals surface area contributed by atoms with E-state index < -0.39 is 0 Å². The fourth-order valence-electron chi connectivity index (χ4n) is 2.58. The van der Waals surface area contributed by atoms with E-state index in [9.17, 15) is 5.11 Å². The van der Waals surface area contributed by atoms with Crippen molar-refractivity contribution in [3.8, 4) is 0 Å². The van der Waals surface area contributed by atoms with Crippen molar-refractivity contribution in [2.24, 2.45) is 0 Å². The van der Waals surface area contributed by atoms with Gasteiger partial charge in [-0.05, 0) is 5.56 Å². The molecule has 1 N–H and O–H groups in total. The molecule has 0 spiro atoms. The lowest BCUT2D eigenvalue weighted by Crippen LogP contribution is -2.44. The fraction of sp³-hybridized carbons (Fsp3) is 0.467. The van der Waals surface area contributed by atoms with E-state index in [4.69, 9.17) is 14.3 Å². The van der Waals surface area contributed by atoms with Gasteiger partial charge in [-0.15, -0.1) is 6.58 Å². The number of aliphatic hydroxyl groups is 1. The molecule has 0 aromatic heterocycles. The fourth-order valence-corrected chi connectivity index (χ4v) is 2.58. The average molecular weight is 277 g/mol. The average Bonchev–Trinajstić information content (AvgIpc) is 2.79. The highest BCUT2D eigenvalue weighted by atomic mass is 16.8. The van der Waals surface area contributed by atoms with Crippen molar-refractivity contribution < 1.29 is 19.4 Å². The molecule has 5 nitrogen and oxygen atoms in total. The summed E-state index contributed by atoms with van der Waals surface area (Å²) in [6, 6.07) is 9.94. The van der Waals surface area contributed by atoms with Gasteiger partial charge in [0.15, 0.2) is 6.29 Å². The molecule has 1 aromatic carbocycles. The molecular weight excluding hydrogens is 258 g/mol. The highest BCUT2D eigenvalue weighted by molar-refractivity contribution is 5.20. The zero-order valence-electron chi connectivity index (χ0n) is 11.2. The van der Waals surface area contributed by atoms with Crippen LogP contribution in [0.25, 0.3) is 0 Å². The predicted octanol–water partition coefficient (Wildman–Crippen LogP) is 1.26. The van der Waals surface area contributed by atoms with Crippen molar-refractivity contribution in [1.82, 2.24) is 5.06 Å². The van der Waals surface area contributed by atoms with Crippen LogP contribution in [0.3, 0.4) is 0 Å². The van der Waals surface area contributed by atoms with E-state index in [-0.39, 0.29) is 31.2 Å². The van der Waals surface area contributed by atoms with Gasteiger partial charge in [0.1, 0.15) is 18.3 Å². The largest absolute Gasteiger partial charge is 0.394 e. The third kappa shape index (κ3) is 2.77. The maximum absolute atomic E-state index is 9.22. The molecule has 2 aliphatic rings. The van der Waals surface area contributed by atoms with Crippen LogP contribution in [0.5, 0.6) is 0 Å². The SMILES string of the molecule is C=C[C@H](ON1C[C@@H]2O[C@@H](CO)[C@H](C1)O2)c1ccccc1. The molecule has 0 saturated carbocycles. The molecule has 1 aromatic rings. The Kier molecular flexibility index (Phi) is 4.14. The van der Waals surface area contributed by atoms with Crippen molar-refractivity contribution in [2.75, 3.05) is 19.7 Å². The lowest BCUT2D eigenvalue weighted by atomic mass is 10.1. The lowest BCUT2D eigenvalue weighted by Gasteiger charge is -2.32. The van der Waals surface area contributed by atoms with Crippen molar-refractivity contribution >= 4 is 0 Å². The number of hydrogen-bond acceptors (Lipinski definition) is 5. The minimum atomic E-state index is -0.327. The Bertz CT molecular complexity index is 452. The first-order valence-corrected chi connectivity index (χ1v) is 6.81. The number of hydrogen-bond donors (Lipinski definition) is 1. The Balaban J connectivity index is 1.65. The van der Waals surface area contributed by atoms with Crippen molar-refractivity contribution in [3.05, 3.63) is 48.6 Å². The van der Waals surface area contributed by atoms with Crippen LogP contribution in [-0.4, -0.2) is 48.4 Å². The molecule has 2 aliphatic heterocycles. The maximum atomic E-state index is 9.22. The highest BCUT2D eigenvalue weighted by Gasteiger charge is 2.42. The van der Waals surface area contributed by atoms with Gasteiger partial charge in [-0.1, -0.05) is 36.4 Å². The summed E-state index contributed by atoms with van der Waals surface area (Å²) in [6.45, 7) is 4.92. The molecule has 0 unspecified atom stereocenters. The van der Waals surface area contributed by atoms with Gasteiger partial charge in [-0.25, -0.2) is 0 Å². The minimum Gasteiger partial charge on any atom is -0.394 e. The number of nitrogens with zero attached hydrogens (tertiary/aromatic N) is 1. The van der Waals surface area contributed by atoms with Crippen LogP contribution in [0.15, 0.2) is 43.0 Å². The zero-order chi connectivity index (χ0) is 13.9. The number of rotatable bonds is 5. The van der Waals surface area contributed by atoms with Crippen LogP contribution in [-0.2, 0) is 14.3 Å². The van der Waals surface area contributed by atoms with Crippen LogP contribution in [0.4, 0.5) is 0 Å². The van der Waals surface area contributed by atoms with E-state index in [2.05, 4.69) is 6.58 Å². The molecule has 20 heavy (non-hydrogen) atoms. The van der Waals surface area contributed by atoms with Crippen LogP contribution in [0, 0.1) is 0 Å². The summed E-state index contributed by atoms with van der Waals surface area (Å²) in [6.07, 6.45) is 0.859. The second-order valence-electron chi connectivity index (χ2n) is 4.98. The number of benzene rings is 1. The first-order valence-electron chi connectivity index (χ1n) is 6.81. The van der Waals surface area contributed by atoms with Gasteiger partial charge in [0, 0.05) is 0 Å². The topological polar surface area (TPSA) is 51.2 Å². The Morgan fingerprint density at radius 2 is 2.15 bits per heavy atom. The molecular formula is C15H19NO4. The molecule has 108 valence electrons. The molecule has 0 aliphatic carbocycles. The number of fused-ring (bicyclic) bond motifs is 2. The molecule has 5 heteroatoms. The molecule has 0 amide bonds. The summed E-state index contributed by atoms with van der Waals surface area (Å²) in [5, 5.41) is 11.1. The number of hydroxylamine groups is 2. The van der Waals surface area contributed by atoms with Crippen LogP contribution >= 0.6 is 0 Å². The van der Waals surface area contributed by atoms with Crippen LogP contribution < -0.4 is 0 Å². The van der Waals surface area contributed by atoms with E-state index in [0.717, 1.165) is 5.56 Å². The quantitative estimate of drug-likeness (QED) is 0.821. The summed E-state index contributed by atoms with van der Waals surface area (Å²) >= 11 is 0. The second kappa shape index (κ2) is 6.03. The number of morpholine rings is 1. The van der Waals surface area contributed by atoms with Crippen molar-refractivity contribution in [1.29, 1.82) is 0 Å². The Morgan fingerprint density at radius 3 is 2.85 bits per heavy atom. The third-order valence-corrected chi connectivity index (χ3v) is 3.59. The molecule has 2 fully saturated rings. The van der Waals surface area contributed by atoms with Gasteiger partial charge in [-0.3, -0.25) is 4.84 Å². The smallest absolute Gasteiger partial charge is 0.173 e. The van der Waals surface area contributed by atoms with Crippen molar-refractivity contribution in [2.45, 2.75) is 24.6 Å². The van der Waals surface area contributed by atoms with Gasteiger partial charge < -0.3 is 14.6 Å². The highest BCUT2D eigenvalue weighted by Crippen LogP contribution is 2.28. The number of aliphatic hydroxyl groups excluding tert-OH is 1.